The molecule has 0 spiro atoms. The third-order valence-electron chi connectivity index (χ3n) is 7.63. The van der Waals surface area contributed by atoms with E-state index in [0.29, 0.717) is 30.9 Å². The van der Waals surface area contributed by atoms with Gasteiger partial charge in [0.25, 0.3) is 5.91 Å². The molecule has 0 atom stereocenters. The molecule has 6 rings (SSSR count). The van der Waals surface area contributed by atoms with Crippen molar-refractivity contribution < 1.29 is 4.79 Å². The van der Waals surface area contributed by atoms with Crippen LogP contribution in [0.15, 0.2) is 102 Å². The molecule has 0 radical (unpaired) electrons. The maximum absolute atomic E-state index is 13.7. The number of nitrogens with zero attached hydrogens (tertiary/aromatic N) is 1. The van der Waals surface area contributed by atoms with Crippen LogP contribution in [0.1, 0.15) is 32.6 Å². The first-order valence-corrected chi connectivity index (χ1v) is 15.9. The predicted octanol–water partition coefficient (Wildman–Crippen LogP) is 7.37. The smallest absolute Gasteiger partial charge is 0.252 e. The Kier molecular flexibility index (Phi) is 9.58. The third kappa shape index (κ3) is 7.44. The number of pyridine rings is 1. The summed E-state index contributed by atoms with van der Waals surface area (Å²) in [5.41, 5.74) is 13.7. The van der Waals surface area contributed by atoms with Gasteiger partial charge in [-0.2, -0.15) is 0 Å². The van der Waals surface area contributed by atoms with Crippen LogP contribution in [0.5, 0.6) is 0 Å². The van der Waals surface area contributed by atoms with Gasteiger partial charge in [0.1, 0.15) is 0 Å². The van der Waals surface area contributed by atoms with Gasteiger partial charge in [-0.1, -0.05) is 75.8 Å². The van der Waals surface area contributed by atoms with Gasteiger partial charge >= 0.3 is 0 Å². The molecule has 0 saturated carbocycles. The minimum Gasteiger partial charge on any atom is -0.360 e. The van der Waals surface area contributed by atoms with Crippen molar-refractivity contribution in [1.82, 2.24) is 20.6 Å². The number of halogens is 2. The van der Waals surface area contributed by atoms with Crippen LogP contribution in [0.3, 0.4) is 0 Å². The van der Waals surface area contributed by atoms with E-state index in [1.165, 1.54) is 5.56 Å². The van der Waals surface area contributed by atoms with Crippen molar-refractivity contribution in [2.75, 3.05) is 13.1 Å². The zero-order valence-electron chi connectivity index (χ0n) is 24.5. The molecule has 0 aliphatic carbocycles. The topological polar surface area (TPSA) is 95.8 Å². The molecule has 45 heavy (non-hydrogen) atoms. The minimum atomic E-state index is -0.179. The van der Waals surface area contributed by atoms with E-state index in [0.717, 1.165) is 66.5 Å². The fourth-order valence-electron chi connectivity index (χ4n) is 5.19. The quantitative estimate of drug-likeness (QED) is 0.0950. The summed E-state index contributed by atoms with van der Waals surface area (Å²) in [5.74, 6) is 6.27. The molecule has 8 heteroatoms. The van der Waals surface area contributed by atoms with Crippen molar-refractivity contribution in [2.24, 2.45) is 5.73 Å². The molecular weight excluding hydrogens is 646 g/mol. The molecule has 0 aliphatic rings. The lowest BCUT2D eigenvalue weighted by Crippen LogP contribution is -2.23. The number of rotatable bonds is 9. The Morgan fingerprint density at radius 2 is 1.69 bits per heavy atom. The first-order chi connectivity index (χ1) is 22.0. The molecule has 5 N–H and O–H groups in total. The number of benzene rings is 4. The number of nitrogens with two attached hydrogens (primary N) is 1. The number of H-pyrrole nitrogens is 1. The molecule has 1 amide bonds. The molecular formula is C37H31BrClN5O. The number of nitrogens with one attached hydrogen (secondary N) is 3. The number of hydrogen-bond acceptors (Lipinski definition) is 4. The average Bonchev–Trinajstić information content (AvgIpc) is 3.48. The summed E-state index contributed by atoms with van der Waals surface area (Å²) in [5, 5.41) is 8.98. The van der Waals surface area contributed by atoms with Gasteiger partial charge in [0, 0.05) is 62.7 Å². The Labute approximate surface area is 275 Å². The number of carbonyl (C=O) groups is 1. The second kappa shape index (κ2) is 14.1. The van der Waals surface area contributed by atoms with Crippen LogP contribution >= 0.6 is 27.5 Å². The Bertz CT molecular complexity index is 2040. The number of fused-ring (bicyclic) bond motifs is 2. The lowest BCUT2D eigenvalue weighted by atomic mass is 10.0. The second-order valence-electron chi connectivity index (χ2n) is 10.7. The van der Waals surface area contributed by atoms with Crippen LogP contribution in [0.2, 0.25) is 5.02 Å². The first kappa shape index (κ1) is 30.6. The summed E-state index contributed by atoms with van der Waals surface area (Å²) in [6.45, 7) is 2.23. The lowest BCUT2D eigenvalue weighted by molar-refractivity contribution is 0.0952. The van der Waals surface area contributed by atoms with Gasteiger partial charge in [-0.25, -0.2) is 4.98 Å². The molecule has 0 fully saturated rings. The van der Waals surface area contributed by atoms with E-state index in [9.17, 15) is 4.79 Å². The SMILES string of the molecule is NCc1ccc(CNC(=O)c2cc(-c3c[nH]c4ccc(Br)cc34)nc3ccc(C#CCNCCc4ccc(Cl)cc4)cc23)cc1. The van der Waals surface area contributed by atoms with Crippen molar-refractivity contribution in [2.45, 2.75) is 19.5 Å². The molecule has 0 bridgehead atoms. The van der Waals surface area contributed by atoms with E-state index in [1.807, 2.05) is 91.1 Å². The minimum absolute atomic E-state index is 0.179. The summed E-state index contributed by atoms with van der Waals surface area (Å²) in [6.07, 6.45) is 2.83. The predicted molar refractivity (Wildman–Crippen MR) is 187 cm³/mol. The monoisotopic (exact) mass is 675 g/mol. The summed E-state index contributed by atoms with van der Waals surface area (Å²) in [6, 6.07) is 29.6. The summed E-state index contributed by atoms with van der Waals surface area (Å²) >= 11 is 9.56. The molecule has 6 aromatic rings. The highest BCUT2D eigenvalue weighted by Gasteiger charge is 2.17. The van der Waals surface area contributed by atoms with Crippen LogP contribution in [0, 0.1) is 11.8 Å². The van der Waals surface area contributed by atoms with E-state index in [2.05, 4.69) is 49.5 Å². The van der Waals surface area contributed by atoms with E-state index in [1.54, 1.807) is 0 Å². The summed E-state index contributed by atoms with van der Waals surface area (Å²) in [7, 11) is 0. The molecule has 0 unspecified atom stereocenters. The van der Waals surface area contributed by atoms with Gasteiger partial charge in [0.2, 0.25) is 0 Å². The Balaban J connectivity index is 1.26. The highest BCUT2D eigenvalue weighted by molar-refractivity contribution is 9.10. The van der Waals surface area contributed by atoms with Crippen LogP contribution in [0.4, 0.5) is 0 Å². The van der Waals surface area contributed by atoms with E-state index < -0.39 is 0 Å². The number of hydrogen-bond donors (Lipinski definition) is 4. The Morgan fingerprint density at radius 1 is 0.911 bits per heavy atom. The molecule has 0 saturated heterocycles. The van der Waals surface area contributed by atoms with Gasteiger partial charge in [-0.15, -0.1) is 0 Å². The normalized spacial score (nSPS) is 11.0. The van der Waals surface area contributed by atoms with Gasteiger partial charge in [-0.05, 0) is 77.7 Å². The van der Waals surface area contributed by atoms with Crippen molar-refractivity contribution in [3.63, 3.8) is 0 Å². The van der Waals surface area contributed by atoms with Crippen LogP contribution in [0.25, 0.3) is 33.1 Å². The van der Waals surface area contributed by atoms with Crippen LogP contribution in [-0.2, 0) is 19.5 Å². The van der Waals surface area contributed by atoms with Gasteiger partial charge in [-0.3, -0.25) is 4.79 Å². The standard InChI is InChI=1S/C37H31BrClN5O/c38-28-10-14-34-31(19-28)33(23-42-34)36-20-32(37(45)43-22-27-5-3-26(21-40)4-6-27)30-18-25(9-13-35(30)44-36)2-1-16-41-17-15-24-7-11-29(39)12-8-24/h3-14,18-20,23,41-42H,15-17,21-22,40H2,(H,43,45). The van der Waals surface area contributed by atoms with Crippen LogP contribution < -0.4 is 16.4 Å². The maximum Gasteiger partial charge on any atom is 0.252 e. The van der Waals surface area contributed by atoms with Crippen molar-refractivity contribution in [3.8, 4) is 23.1 Å². The second-order valence-corrected chi connectivity index (χ2v) is 12.1. The zero-order chi connectivity index (χ0) is 31.2. The molecule has 2 heterocycles. The molecule has 224 valence electrons. The highest BCUT2D eigenvalue weighted by atomic mass is 79.9. The zero-order valence-corrected chi connectivity index (χ0v) is 26.8. The van der Waals surface area contributed by atoms with Crippen molar-refractivity contribution in [1.29, 1.82) is 0 Å². The largest absolute Gasteiger partial charge is 0.360 e. The third-order valence-corrected chi connectivity index (χ3v) is 8.38. The fourth-order valence-corrected chi connectivity index (χ4v) is 5.67. The van der Waals surface area contributed by atoms with Gasteiger partial charge in [0.05, 0.1) is 23.3 Å². The van der Waals surface area contributed by atoms with Crippen LogP contribution in [-0.4, -0.2) is 29.0 Å². The van der Waals surface area contributed by atoms with Crippen molar-refractivity contribution >= 4 is 55.2 Å². The van der Waals surface area contributed by atoms with Crippen molar-refractivity contribution in [3.05, 3.63) is 135 Å². The first-order valence-electron chi connectivity index (χ1n) is 14.7. The highest BCUT2D eigenvalue weighted by Crippen LogP contribution is 2.32. The van der Waals surface area contributed by atoms with E-state index >= 15 is 0 Å². The molecule has 6 nitrogen and oxygen atoms in total. The number of aromatic amines is 1. The number of aromatic nitrogens is 2. The fraction of sp³-hybridized carbons (Fsp3) is 0.135. The molecule has 2 aromatic heterocycles. The Hall–Kier alpha value is -4.45. The molecule has 0 aliphatic heterocycles. The Morgan fingerprint density at radius 3 is 2.49 bits per heavy atom. The molecule has 4 aromatic carbocycles. The number of carbonyl (C=O) groups excluding carboxylic acids is 1. The number of amides is 1. The van der Waals surface area contributed by atoms with Gasteiger partial charge in [0.15, 0.2) is 0 Å². The van der Waals surface area contributed by atoms with E-state index in [-0.39, 0.29) is 5.91 Å². The summed E-state index contributed by atoms with van der Waals surface area (Å²) in [4.78, 5) is 22.0. The summed E-state index contributed by atoms with van der Waals surface area (Å²) < 4.78 is 0.970. The lowest BCUT2D eigenvalue weighted by Gasteiger charge is -2.11. The van der Waals surface area contributed by atoms with E-state index in [4.69, 9.17) is 22.3 Å². The maximum atomic E-state index is 13.7. The van der Waals surface area contributed by atoms with Gasteiger partial charge < -0.3 is 21.4 Å². The average molecular weight is 677 g/mol.